The summed E-state index contributed by atoms with van der Waals surface area (Å²) in [7, 11) is -2.19. The lowest BCUT2D eigenvalue weighted by Crippen LogP contribution is -2.34. The van der Waals surface area contributed by atoms with Crippen molar-refractivity contribution in [1.82, 2.24) is 19.9 Å². The van der Waals surface area contributed by atoms with Crippen LogP contribution in [0, 0.1) is 0 Å². The van der Waals surface area contributed by atoms with Crippen LogP contribution in [-0.4, -0.2) is 79.4 Å². The van der Waals surface area contributed by atoms with Crippen molar-refractivity contribution in [1.29, 1.82) is 0 Å². The minimum Gasteiger partial charge on any atom is -0.456 e. The summed E-state index contributed by atoms with van der Waals surface area (Å²) < 4.78 is 33.3. The third-order valence-corrected chi connectivity index (χ3v) is 7.49. The quantitative estimate of drug-likeness (QED) is 0.369. The van der Waals surface area contributed by atoms with Crippen LogP contribution in [0.2, 0.25) is 5.02 Å². The highest BCUT2D eigenvalue weighted by atomic mass is 35.5. The lowest BCUT2D eigenvalue weighted by atomic mass is 10.1. The fraction of sp³-hybridized carbons (Fsp3) is 0.346. The normalized spacial score (nSPS) is 23.1. The molecular weight excluding hydrogens is 530 g/mol. The lowest BCUT2D eigenvalue weighted by molar-refractivity contribution is 0.00706. The second-order valence-corrected chi connectivity index (χ2v) is 12.6. The molecule has 2 aliphatic rings. The van der Waals surface area contributed by atoms with Crippen LogP contribution in [0.1, 0.15) is 5.69 Å². The van der Waals surface area contributed by atoms with E-state index in [0.29, 0.717) is 35.0 Å². The second-order valence-electron chi connectivity index (χ2n) is 9.61. The number of pyridine rings is 2. The van der Waals surface area contributed by atoms with Gasteiger partial charge in [-0.1, -0.05) is 41.9 Å². The van der Waals surface area contributed by atoms with Crippen molar-refractivity contribution in [2.75, 3.05) is 25.7 Å². The van der Waals surface area contributed by atoms with E-state index in [0.717, 1.165) is 22.5 Å². The highest BCUT2D eigenvalue weighted by Gasteiger charge is 2.48. The number of benzene rings is 1. The molecule has 4 atom stereocenters. The minimum absolute atomic E-state index is 0.229. The number of aliphatic hydroxyl groups is 1. The van der Waals surface area contributed by atoms with E-state index in [1.165, 1.54) is 0 Å². The van der Waals surface area contributed by atoms with Gasteiger partial charge in [0.2, 0.25) is 0 Å². The first kappa shape index (κ1) is 25.2. The molecule has 5 heterocycles. The van der Waals surface area contributed by atoms with Gasteiger partial charge in [0.15, 0.2) is 11.8 Å². The summed E-state index contributed by atoms with van der Waals surface area (Å²) in [5.74, 6) is 0. The molecule has 12 heteroatoms. The number of H-pyrrole nitrogens is 1. The fourth-order valence-electron chi connectivity index (χ4n) is 4.59. The largest absolute Gasteiger partial charge is 0.456 e. The summed E-state index contributed by atoms with van der Waals surface area (Å²) >= 11 is 6.59. The Morgan fingerprint density at radius 2 is 1.84 bits per heavy atom. The standard InChI is InChI=1S/C26H26ClN5O5S/c1-38(2,34)28-11-16-4-3-5-18(29-16)14-6-8-15(9-7-14)22-17(27)10-19-25(31-22)32-26(30-19)37-21-13-36-23-20(33)12-35-24(21)23/h3-10,20-21,23-24,33H,11-13H2,1-2H3,(H,30,31,32)/t20?,21?,23-,24-/m1/s1. The summed E-state index contributed by atoms with van der Waals surface area (Å²) in [5, 5.41) is 10.4. The van der Waals surface area contributed by atoms with Crippen LogP contribution in [0.25, 0.3) is 33.7 Å². The molecule has 38 heavy (non-hydrogen) atoms. The molecule has 0 saturated carbocycles. The van der Waals surface area contributed by atoms with Crippen molar-refractivity contribution < 1.29 is 23.5 Å². The van der Waals surface area contributed by atoms with Crippen LogP contribution < -0.4 is 4.74 Å². The molecule has 0 spiro atoms. The molecule has 2 unspecified atom stereocenters. The van der Waals surface area contributed by atoms with Gasteiger partial charge in [0.1, 0.15) is 18.3 Å². The Morgan fingerprint density at radius 1 is 1.08 bits per heavy atom. The van der Waals surface area contributed by atoms with Crippen LogP contribution in [0.3, 0.4) is 0 Å². The van der Waals surface area contributed by atoms with Gasteiger partial charge in [0.25, 0.3) is 6.01 Å². The number of ether oxygens (including phenoxy) is 3. The molecule has 4 aromatic rings. The lowest BCUT2D eigenvalue weighted by Gasteiger charge is -2.15. The smallest absolute Gasteiger partial charge is 0.296 e. The summed E-state index contributed by atoms with van der Waals surface area (Å²) in [6.45, 7) is 0.836. The number of hydrogen-bond acceptors (Lipinski definition) is 9. The number of halogens is 1. The van der Waals surface area contributed by atoms with E-state index >= 15 is 0 Å². The van der Waals surface area contributed by atoms with Gasteiger partial charge in [-0.3, -0.25) is 9.19 Å². The number of fused-ring (bicyclic) bond motifs is 2. The maximum absolute atomic E-state index is 11.9. The Hall–Kier alpha value is -3.09. The maximum Gasteiger partial charge on any atom is 0.296 e. The van der Waals surface area contributed by atoms with Crippen molar-refractivity contribution in [3.8, 4) is 28.5 Å². The molecule has 1 aromatic carbocycles. The SMILES string of the molecule is CS(C)(=O)=NCc1cccc(-c2ccc(-c3nc4nc(OC5CO[C@@H]6C(O)CO[C@H]56)[nH]c4cc3Cl)cc2)n1. The van der Waals surface area contributed by atoms with Gasteiger partial charge >= 0.3 is 0 Å². The molecule has 10 nitrogen and oxygen atoms in total. The summed E-state index contributed by atoms with van der Waals surface area (Å²) in [4.78, 5) is 16.9. The van der Waals surface area contributed by atoms with E-state index < -0.39 is 15.8 Å². The topological polar surface area (TPSA) is 132 Å². The average Bonchev–Trinajstić information content (AvgIpc) is 3.59. The van der Waals surface area contributed by atoms with E-state index in [4.69, 9.17) is 25.8 Å². The molecule has 3 aromatic heterocycles. The van der Waals surface area contributed by atoms with E-state index in [1.54, 1.807) is 18.6 Å². The zero-order chi connectivity index (χ0) is 26.4. The van der Waals surface area contributed by atoms with E-state index in [1.807, 2.05) is 42.5 Å². The van der Waals surface area contributed by atoms with Gasteiger partial charge < -0.3 is 24.3 Å². The van der Waals surface area contributed by atoms with E-state index in [2.05, 4.69) is 24.3 Å². The van der Waals surface area contributed by atoms with Crippen molar-refractivity contribution in [2.45, 2.75) is 31.0 Å². The maximum atomic E-state index is 11.9. The number of aromatic amines is 1. The molecule has 0 amide bonds. The molecule has 0 radical (unpaired) electrons. The number of aliphatic hydroxyl groups excluding tert-OH is 1. The molecule has 0 aliphatic carbocycles. The first-order valence-corrected chi connectivity index (χ1v) is 14.8. The number of rotatable bonds is 6. The van der Waals surface area contributed by atoms with Gasteiger partial charge in [-0.15, -0.1) is 0 Å². The van der Waals surface area contributed by atoms with Crippen LogP contribution >= 0.6 is 11.6 Å². The average molecular weight is 556 g/mol. The first-order valence-electron chi connectivity index (χ1n) is 12.1. The van der Waals surface area contributed by atoms with Crippen LogP contribution in [-0.2, 0) is 25.7 Å². The number of nitrogens with one attached hydrogen (secondary N) is 1. The molecule has 2 saturated heterocycles. The fourth-order valence-corrected chi connectivity index (χ4v) is 5.29. The predicted octanol–water partition coefficient (Wildman–Crippen LogP) is 3.47. The third kappa shape index (κ3) is 5.12. The van der Waals surface area contributed by atoms with Crippen LogP contribution in [0.4, 0.5) is 0 Å². The Kier molecular flexibility index (Phi) is 6.57. The van der Waals surface area contributed by atoms with E-state index in [-0.39, 0.29) is 30.9 Å². The molecular formula is C26H26ClN5O5S. The van der Waals surface area contributed by atoms with Gasteiger partial charge in [0.05, 0.1) is 47.4 Å². The van der Waals surface area contributed by atoms with Crippen molar-refractivity contribution in [3.63, 3.8) is 0 Å². The third-order valence-electron chi connectivity index (χ3n) is 6.45. The van der Waals surface area contributed by atoms with Gasteiger partial charge in [-0.2, -0.15) is 4.98 Å². The van der Waals surface area contributed by atoms with Crippen LogP contribution in [0.5, 0.6) is 6.01 Å². The molecule has 2 fully saturated rings. The Bertz CT molecular complexity index is 1610. The predicted molar refractivity (Wildman–Crippen MR) is 144 cm³/mol. The highest BCUT2D eigenvalue weighted by molar-refractivity contribution is 7.92. The summed E-state index contributed by atoms with van der Waals surface area (Å²) in [6.07, 6.45) is 1.47. The zero-order valence-electron chi connectivity index (χ0n) is 20.7. The molecule has 198 valence electrons. The number of aromatic nitrogens is 4. The summed E-state index contributed by atoms with van der Waals surface area (Å²) in [5.41, 5.74) is 5.00. The Morgan fingerprint density at radius 3 is 2.63 bits per heavy atom. The molecule has 0 bridgehead atoms. The van der Waals surface area contributed by atoms with Gasteiger partial charge in [0, 0.05) is 33.4 Å². The van der Waals surface area contributed by atoms with Crippen LogP contribution in [0.15, 0.2) is 52.9 Å². The minimum atomic E-state index is -2.19. The van der Waals surface area contributed by atoms with Gasteiger partial charge in [-0.05, 0) is 18.2 Å². The Balaban J connectivity index is 1.22. The molecule has 2 N–H and O–H groups in total. The van der Waals surface area contributed by atoms with Gasteiger partial charge in [-0.25, -0.2) is 9.35 Å². The van der Waals surface area contributed by atoms with E-state index in [9.17, 15) is 9.32 Å². The van der Waals surface area contributed by atoms with Crippen molar-refractivity contribution >= 4 is 32.5 Å². The number of nitrogens with zero attached hydrogens (tertiary/aromatic N) is 4. The highest BCUT2D eigenvalue weighted by Crippen LogP contribution is 2.33. The van der Waals surface area contributed by atoms with Crippen molar-refractivity contribution in [3.05, 3.63) is 59.2 Å². The molecule has 2 aliphatic heterocycles. The van der Waals surface area contributed by atoms with Crippen molar-refractivity contribution in [2.24, 2.45) is 4.36 Å². The first-order chi connectivity index (χ1) is 18.2. The monoisotopic (exact) mass is 555 g/mol. The molecule has 6 rings (SSSR count). The Labute approximate surface area is 224 Å². The number of hydrogen-bond donors (Lipinski definition) is 2. The number of imidazole rings is 1. The second kappa shape index (κ2) is 9.90. The summed E-state index contributed by atoms with van der Waals surface area (Å²) in [6, 6.07) is 15.5. The zero-order valence-corrected chi connectivity index (χ0v) is 22.3.